The third-order valence-corrected chi connectivity index (χ3v) is 3.80. The average Bonchev–Trinajstić information content (AvgIpc) is 2.54. The minimum Gasteiger partial charge on any atom is -0.350 e. The maximum atomic E-state index is 12.8. The second-order valence-electron chi connectivity index (χ2n) is 5.86. The third-order valence-electron chi connectivity index (χ3n) is 3.80. The van der Waals surface area contributed by atoms with Gasteiger partial charge < -0.3 is 9.88 Å². The lowest BCUT2D eigenvalue weighted by Gasteiger charge is -2.14. The van der Waals surface area contributed by atoms with Crippen molar-refractivity contribution in [1.29, 1.82) is 5.41 Å². The molecule has 7 heteroatoms. The van der Waals surface area contributed by atoms with Crippen LogP contribution >= 0.6 is 0 Å². The number of nitrogens with one attached hydrogen (secondary N) is 2. The van der Waals surface area contributed by atoms with Crippen molar-refractivity contribution in [3.05, 3.63) is 51.9 Å². The van der Waals surface area contributed by atoms with Gasteiger partial charge >= 0.3 is 0 Å². The number of aryl methyl sites for hydroxylation is 1. The summed E-state index contributed by atoms with van der Waals surface area (Å²) < 4.78 is 3.02. The minimum atomic E-state index is -0.364. The number of hydrogen-bond acceptors (Lipinski definition) is 4. The molecule has 3 rings (SSSR count). The number of fused-ring (bicyclic) bond motifs is 2. The Bertz CT molecular complexity index is 1060. The number of amides is 1. The van der Waals surface area contributed by atoms with E-state index in [-0.39, 0.29) is 28.6 Å². The quantitative estimate of drug-likeness (QED) is 0.711. The van der Waals surface area contributed by atoms with E-state index in [2.05, 4.69) is 10.3 Å². The zero-order valence-corrected chi connectivity index (χ0v) is 13.8. The van der Waals surface area contributed by atoms with E-state index in [0.717, 1.165) is 0 Å². The standard InChI is InChI=1S/C17H19N5O2/c1-4-21-14(18)11(16(23)19-10(2)3)9-12-15(21)20-13-7-5-6-8-22(13)17(12)24/h5-10,18H,4H2,1-3H3,(H,19,23). The van der Waals surface area contributed by atoms with Gasteiger partial charge in [0.15, 0.2) is 0 Å². The fourth-order valence-electron chi connectivity index (χ4n) is 2.71. The fourth-order valence-corrected chi connectivity index (χ4v) is 2.71. The lowest BCUT2D eigenvalue weighted by atomic mass is 10.2. The maximum absolute atomic E-state index is 12.8. The normalized spacial score (nSPS) is 11.3. The molecule has 0 spiro atoms. The van der Waals surface area contributed by atoms with Crippen molar-refractivity contribution in [2.75, 3.05) is 0 Å². The molecule has 0 atom stereocenters. The molecule has 24 heavy (non-hydrogen) atoms. The molecule has 0 aliphatic rings. The first kappa shape index (κ1) is 15.9. The predicted molar refractivity (Wildman–Crippen MR) is 91.1 cm³/mol. The maximum Gasteiger partial charge on any atom is 0.267 e. The van der Waals surface area contributed by atoms with E-state index in [9.17, 15) is 9.59 Å². The highest BCUT2D eigenvalue weighted by Gasteiger charge is 2.17. The molecule has 7 nitrogen and oxygen atoms in total. The smallest absolute Gasteiger partial charge is 0.267 e. The lowest BCUT2D eigenvalue weighted by Crippen LogP contribution is -2.37. The Morgan fingerprint density at radius 3 is 2.79 bits per heavy atom. The van der Waals surface area contributed by atoms with Crippen LogP contribution in [0.4, 0.5) is 0 Å². The molecule has 0 aliphatic heterocycles. The van der Waals surface area contributed by atoms with Crippen LogP contribution in [0, 0.1) is 5.41 Å². The van der Waals surface area contributed by atoms with Gasteiger partial charge in [-0.1, -0.05) is 6.07 Å². The molecule has 0 unspecified atom stereocenters. The molecule has 0 saturated carbocycles. The Hall–Kier alpha value is -2.96. The first-order chi connectivity index (χ1) is 11.4. The van der Waals surface area contributed by atoms with Gasteiger partial charge in [-0.05, 0) is 39.0 Å². The number of pyridine rings is 2. The molecule has 3 aromatic heterocycles. The van der Waals surface area contributed by atoms with E-state index in [4.69, 9.17) is 5.41 Å². The summed E-state index contributed by atoms with van der Waals surface area (Å²) in [5.74, 6) is -0.364. The fraction of sp³-hybridized carbons (Fsp3) is 0.294. The van der Waals surface area contributed by atoms with Crippen LogP contribution in [0.5, 0.6) is 0 Å². The Morgan fingerprint density at radius 1 is 1.38 bits per heavy atom. The van der Waals surface area contributed by atoms with Crippen LogP contribution in [0.2, 0.25) is 0 Å². The van der Waals surface area contributed by atoms with E-state index in [1.165, 1.54) is 10.5 Å². The highest BCUT2D eigenvalue weighted by molar-refractivity contribution is 5.96. The predicted octanol–water partition coefficient (Wildman–Crippen LogP) is 1.29. The molecule has 0 bridgehead atoms. The Balaban J connectivity index is 2.42. The molecular weight excluding hydrogens is 306 g/mol. The highest BCUT2D eigenvalue weighted by atomic mass is 16.1. The van der Waals surface area contributed by atoms with Crippen molar-refractivity contribution in [3.63, 3.8) is 0 Å². The van der Waals surface area contributed by atoms with Gasteiger partial charge in [-0.3, -0.25) is 19.4 Å². The molecule has 0 fully saturated rings. The van der Waals surface area contributed by atoms with Gasteiger partial charge in [0.2, 0.25) is 0 Å². The van der Waals surface area contributed by atoms with Crippen molar-refractivity contribution in [3.8, 4) is 0 Å². The van der Waals surface area contributed by atoms with Crippen molar-refractivity contribution in [2.45, 2.75) is 33.4 Å². The minimum absolute atomic E-state index is 0.0512. The molecule has 124 valence electrons. The van der Waals surface area contributed by atoms with E-state index >= 15 is 0 Å². The molecule has 3 heterocycles. The first-order valence-corrected chi connectivity index (χ1v) is 7.84. The summed E-state index contributed by atoms with van der Waals surface area (Å²) in [6, 6.07) is 6.70. The van der Waals surface area contributed by atoms with Crippen molar-refractivity contribution < 1.29 is 4.79 Å². The second kappa shape index (κ2) is 5.92. The van der Waals surface area contributed by atoms with Gasteiger partial charge in [0.05, 0.1) is 10.9 Å². The SMILES string of the molecule is CCn1c(=N)c(C(=O)NC(C)C)cc2c(=O)n3ccccc3nc21. The summed E-state index contributed by atoms with van der Waals surface area (Å²) >= 11 is 0. The zero-order chi connectivity index (χ0) is 17.4. The van der Waals surface area contributed by atoms with Crippen LogP contribution in [-0.2, 0) is 6.54 Å². The largest absolute Gasteiger partial charge is 0.350 e. The Labute approximate surface area is 138 Å². The van der Waals surface area contributed by atoms with Gasteiger partial charge in [-0.2, -0.15) is 0 Å². The van der Waals surface area contributed by atoms with Crippen LogP contribution < -0.4 is 16.4 Å². The van der Waals surface area contributed by atoms with Crippen LogP contribution in [0.3, 0.4) is 0 Å². The second-order valence-corrected chi connectivity index (χ2v) is 5.86. The summed E-state index contributed by atoms with van der Waals surface area (Å²) in [6.45, 7) is 5.99. The molecule has 0 saturated heterocycles. The molecule has 0 aliphatic carbocycles. The number of nitrogens with zero attached hydrogens (tertiary/aromatic N) is 3. The van der Waals surface area contributed by atoms with Crippen molar-refractivity contribution in [1.82, 2.24) is 19.3 Å². The summed E-state index contributed by atoms with van der Waals surface area (Å²) in [7, 11) is 0. The number of hydrogen-bond donors (Lipinski definition) is 2. The third kappa shape index (κ3) is 2.47. The van der Waals surface area contributed by atoms with Crippen LogP contribution in [0.1, 0.15) is 31.1 Å². The lowest BCUT2D eigenvalue weighted by molar-refractivity contribution is 0.0940. The van der Waals surface area contributed by atoms with Crippen LogP contribution in [0.25, 0.3) is 16.7 Å². The molecule has 2 N–H and O–H groups in total. The van der Waals surface area contributed by atoms with Gasteiger partial charge in [-0.25, -0.2) is 4.98 Å². The van der Waals surface area contributed by atoms with Gasteiger partial charge in [0, 0.05) is 18.8 Å². The highest BCUT2D eigenvalue weighted by Crippen LogP contribution is 2.10. The average molecular weight is 325 g/mol. The van der Waals surface area contributed by atoms with Gasteiger partial charge in [0.25, 0.3) is 11.5 Å². The van der Waals surface area contributed by atoms with E-state index < -0.39 is 0 Å². The van der Waals surface area contributed by atoms with Gasteiger partial charge in [-0.15, -0.1) is 0 Å². The number of aromatic nitrogens is 3. The molecular formula is C17H19N5O2. The zero-order valence-electron chi connectivity index (χ0n) is 13.8. The number of carbonyl (C=O) groups excluding carboxylic acids is 1. The van der Waals surface area contributed by atoms with Crippen molar-refractivity contribution >= 4 is 22.6 Å². The molecule has 0 aromatic carbocycles. The summed E-state index contributed by atoms with van der Waals surface area (Å²) in [5, 5.41) is 11.4. The van der Waals surface area contributed by atoms with Gasteiger partial charge in [0.1, 0.15) is 16.8 Å². The van der Waals surface area contributed by atoms with E-state index in [1.807, 2.05) is 20.8 Å². The summed E-state index contributed by atoms with van der Waals surface area (Å²) in [4.78, 5) is 29.7. The molecule has 3 aromatic rings. The number of carbonyl (C=O) groups is 1. The Morgan fingerprint density at radius 2 is 2.12 bits per heavy atom. The van der Waals surface area contributed by atoms with E-state index in [0.29, 0.717) is 23.2 Å². The van der Waals surface area contributed by atoms with E-state index in [1.54, 1.807) is 29.0 Å². The molecule has 1 amide bonds. The summed E-state index contributed by atoms with van der Waals surface area (Å²) in [5.41, 5.74) is 0.898. The van der Waals surface area contributed by atoms with Crippen LogP contribution in [-0.4, -0.2) is 25.9 Å². The Kier molecular flexibility index (Phi) is 3.92. The monoisotopic (exact) mass is 325 g/mol. The topological polar surface area (TPSA) is 92.2 Å². The summed E-state index contributed by atoms with van der Waals surface area (Å²) in [6.07, 6.45) is 1.64. The van der Waals surface area contributed by atoms with Crippen molar-refractivity contribution in [2.24, 2.45) is 0 Å². The first-order valence-electron chi connectivity index (χ1n) is 7.84. The number of rotatable bonds is 3. The molecule has 0 radical (unpaired) electrons. The van der Waals surface area contributed by atoms with Crippen LogP contribution in [0.15, 0.2) is 35.3 Å².